The largest absolute Gasteiger partial charge is 0.491 e. The second-order valence-corrected chi connectivity index (χ2v) is 23.3. The lowest BCUT2D eigenvalue weighted by Gasteiger charge is -2.42. The molecule has 3 saturated carbocycles. The summed E-state index contributed by atoms with van der Waals surface area (Å²) in [5.74, 6) is 3.60. The Morgan fingerprint density at radius 3 is 0.944 bits per heavy atom. The first-order valence-electron chi connectivity index (χ1n) is 32.5. The average Bonchev–Trinajstić information content (AvgIpc) is 1.75. The van der Waals surface area contributed by atoms with Gasteiger partial charge in [-0.1, -0.05) is 195 Å². The van der Waals surface area contributed by atoms with E-state index in [1.165, 1.54) is 77.0 Å². The van der Waals surface area contributed by atoms with Crippen LogP contribution in [0.1, 0.15) is 205 Å². The molecule has 12 fully saturated rings. The van der Waals surface area contributed by atoms with Crippen LogP contribution in [0.2, 0.25) is 0 Å². The van der Waals surface area contributed by atoms with Gasteiger partial charge in [0.1, 0.15) is 74.4 Å². The topological polar surface area (TPSA) is 159 Å². The number of benzene rings is 3. The standard InChI is InChI=1S/C15H24O2.3C9H10O2.C8H12O2.C7H12O4.2C3H8.3C2H6.6CH4/c1-14(5-3-10-12(7-14)16-10)9-15(2)6-4-11-13(8-15)17-11;3*1-2-4-8(5-3-1)10-6-9-7-11-9;1-2-6-7(10-6)3-5(1)8-4-9-8;1(6-3-10-6)8-5-9-2-7-4-11-7;2*1-3-2;3*1-2;;;;;;/h10-13H,3-9H2,1-2H3;3*1-5,9H,6-7H2;5-8H,1-4H2;6-7H,1-5H2;2*3H2,1-2H3;3*1-2H3;6*1H4. The molecular weight excluding hydrogens is 1120 g/mol. The van der Waals surface area contributed by atoms with Crippen molar-refractivity contribution < 1.29 is 66.3 Å². The highest BCUT2D eigenvalue weighted by Gasteiger charge is 2.54. The number of ether oxygens (including phenoxy) is 14. The van der Waals surface area contributed by atoms with Crippen molar-refractivity contribution >= 4 is 0 Å². The minimum absolute atomic E-state index is 0. The van der Waals surface area contributed by atoms with Crippen molar-refractivity contribution in [3.05, 3.63) is 91.0 Å². The molecule has 3 aromatic carbocycles. The van der Waals surface area contributed by atoms with E-state index in [1.807, 2.05) is 133 Å². The highest BCUT2D eigenvalue weighted by Crippen LogP contribution is 2.56. The van der Waals surface area contributed by atoms with Gasteiger partial charge in [-0.3, -0.25) is 0 Å². The van der Waals surface area contributed by atoms with Gasteiger partial charge in [0.05, 0.1) is 95.6 Å². The summed E-state index contributed by atoms with van der Waals surface area (Å²) in [6, 6.07) is 29.4. The number of para-hydroxylation sites is 3. The maximum absolute atomic E-state index is 5.70. The molecule has 3 aromatic rings. The lowest BCUT2D eigenvalue weighted by Crippen LogP contribution is -2.34. The lowest BCUT2D eigenvalue weighted by molar-refractivity contribution is -0.0611. The molecular formula is C75H136O14. The van der Waals surface area contributed by atoms with Crippen LogP contribution in [0.5, 0.6) is 17.2 Å². The van der Waals surface area contributed by atoms with E-state index in [0.717, 1.165) is 62.8 Å². The van der Waals surface area contributed by atoms with Crippen molar-refractivity contribution in [1.82, 2.24) is 0 Å². The Labute approximate surface area is 546 Å². The molecule has 9 aliphatic heterocycles. The maximum Gasteiger partial charge on any atom is 0.146 e. The van der Waals surface area contributed by atoms with E-state index >= 15 is 0 Å². The summed E-state index contributed by atoms with van der Waals surface area (Å²) in [5, 5.41) is 0. The summed E-state index contributed by atoms with van der Waals surface area (Å²) >= 11 is 0. The number of hydrogen-bond acceptors (Lipinski definition) is 14. The van der Waals surface area contributed by atoms with Gasteiger partial charge in [-0.25, -0.2) is 0 Å². The lowest BCUT2D eigenvalue weighted by atomic mass is 9.62. The van der Waals surface area contributed by atoms with Gasteiger partial charge in [0.2, 0.25) is 0 Å². The summed E-state index contributed by atoms with van der Waals surface area (Å²) in [6.45, 7) is 34.5. The van der Waals surface area contributed by atoms with E-state index in [-0.39, 0.29) is 44.6 Å². The van der Waals surface area contributed by atoms with Gasteiger partial charge in [0.25, 0.3) is 0 Å². The predicted octanol–water partition coefficient (Wildman–Crippen LogP) is 18.1. The summed E-state index contributed by atoms with van der Waals surface area (Å²) in [7, 11) is 0. The average molecular weight is 1260 g/mol. The van der Waals surface area contributed by atoms with Gasteiger partial charge in [-0.15, -0.1) is 0 Å². The zero-order chi connectivity index (χ0) is 59.7. The minimum atomic E-state index is 0. The van der Waals surface area contributed by atoms with E-state index < -0.39 is 0 Å². The molecule has 15 rings (SSSR count). The molecule has 89 heavy (non-hydrogen) atoms. The van der Waals surface area contributed by atoms with Crippen LogP contribution in [0.4, 0.5) is 0 Å². The molecule has 0 amide bonds. The Morgan fingerprint density at radius 1 is 0.371 bits per heavy atom. The normalized spacial score (nSPS) is 30.7. The van der Waals surface area contributed by atoms with Crippen LogP contribution in [-0.4, -0.2) is 153 Å². The van der Waals surface area contributed by atoms with Crippen LogP contribution in [0.25, 0.3) is 0 Å². The Kier molecular flexibility index (Phi) is 48.5. The Balaban J connectivity index is 0. The van der Waals surface area contributed by atoms with E-state index in [1.54, 1.807) is 0 Å². The highest BCUT2D eigenvalue weighted by molar-refractivity contribution is 5.22. The quantitative estimate of drug-likeness (QED) is 0.0672. The third-order valence-electron chi connectivity index (χ3n) is 14.9. The summed E-state index contributed by atoms with van der Waals surface area (Å²) in [5.41, 5.74) is 1.07. The van der Waals surface area contributed by atoms with E-state index in [2.05, 4.69) is 41.5 Å². The first-order chi connectivity index (χ1) is 40.6. The van der Waals surface area contributed by atoms with Crippen LogP contribution < -0.4 is 14.2 Å². The predicted molar refractivity (Wildman–Crippen MR) is 369 cm³/mol. The van der Waals surface area contributed by atoms with Crippen LogP contribution in [0.15, 0.2) is 91.0 Å². The fourth-order valence-corrected chi connectivity index (χ4v) is 10.2. The summed E-state index contributed by atoms with van der Waals surface area (Å²) in [4.78, 5) is 0. The number of fused-ring (bicyclic) bond motifs is 3. The molecule has 9 saturated heterocycles. The zero-order valence-corrected chi connectivity index (χ0v) is 53.4. The highest BCUT2D eigenvalue weighted by atomic mass is 16.7. The minimum Gasteiger partial charge on any atom is -0.491 e. The van der Waals surface area contributed by atoms with E-state index in [4.69, 9.17) is 66.3 Å². The summed E-state index contributed by atoms with van der Waals surface area (Å²) in [6.07, 6.45) is 21.8. The fourth-order valence-electron chi connectivity index (χ4n) is 10.2. The first-order valence-corrected chi connectivity index (χ1v) is 32.5. The molecule has 0 aromatic heterocycles. The first kappa shape index (κ1) is 87.7. The van der Waals surface area contributed by atoms with Crippen molar-refractivity contribution in [3.63, 3.8) is 0 Å². The fraction of sp³-hybridized carbons (Fsp3) is 0.760. The molecule has 15 atom stereocenters. The SMILES string of the molecule is C.C.C.C.C.C.C(OCC1CO1)OCC1CO1.C1CC2OC2CC1C1CO1.CC.CC.CC.CC1(CC2(C)CCC3OC3C2)CCC2OC2C1.CCC.CCC.c1ccc(OCC2CO2)cc1.c1ccc(OCC2CO2)cc1.c1ccc(OCC2CO2)cc1. The van der Waals surface area contributed by atoms with E-state index in [9.17, 15) is 0 Å². The smallest absolute Gasteiger partial charge is 0.146 e. The molecule has 15 unspecified atom stereocenters. The van der Waals surface area contributed by atoms with Gasteiger partial charge in [-0.05, 0) is 117 Å². The molecule has 520 valence electrons. The van der Waals surface area contributed by atoms with Gasteiger partial charge in [0, 0.05) is 0 Å². The third-order valence-corrected chi connectivity index (χ3v) is 14.9. The molecule has 0 radical (unpaired) electrons. The maximum atomic E-state index is 5.70. The monoisotopic (exact) mass is 1260 g/mol. The van der Waals surface area contributed by atoms with Gasteiger partial charge < -0.3 is 66.3 Å². The van der Waals surface area contributed by atoms with Crippen molar-refractivity contribution in [2.45, 2.75) is 278 Å². The van der Waals surface area contributed by atoms with Crippen LogP contribution in [0.3, 0.4) is 0 Å². The van der Waals surface area contributed by atoms with Crippen molar-refractivity contribution in [1.29, 1.82) is 0 Å². The summed E-state index contributed by atoms with van der Waals surface area (Å²) < 4.78 is 73.5. The Morgan fingerprint density at radius 2 is 0.663 bits per heavy atom. The second-order valence-electron chi connectivity index (χ2n) is 23.3. The number of epoxide rings is 9. The number of rotatable bonds is 18. The molecule has 0 bridgehead atoms. The van der Waals surface area contributed by atoms with E-state index in [0.29, 0.717) is 124 Å². The Bertz CT molecular complexity index is 1860. The second kappa shape index (κ2) is 49.2. The Hall–Kier alpha value is -3.38. The van der Waals surface area contributed by atoms with Crippen LogP contribution in [-0.2, 0) is 52.1 Å². The van der Waals surface area contributed by atoms with Gasteiger partial charge in [-0.2, -0.15) is 0 Å². The van der Waals surface area contributed by atoms with Gasteiger partial charge >= 0.3 is 0 Å². The zero-order valence-electron chi connectivity index (χ0n) is 53.4. The van der Waals surface area contributed by atoms with Crippen LogP contribution >= 0.6 is 0 Å². The molecule has 12 aliphatic rings. The molecule has 0 spiro atoms. The van der Waals surface area contributed by atoms with Gasteiger partial charge in [0.15, 0.2) is 0 Å². The van der Waals surface area contributed by atoms with Crippen molar-refractivity contribution in [2.75, 3.05) is 79.5 Å². The van der Waals surface area contributed by atoms with Crippen LogP contribution in [0, 0.1) is 16.7 Å². The molecule has 3 aliphatic carbocycles. The third kappa shape index (κ3) is 39.7. The molecule has 9 heterocycles. The van der Waals surface area contributed by atoms with Crippen molar-refractivity contribution in [2.24, 2.45) is 16.7 Å². The van der Waals surface area contributed by atoms with Crippen molar-refractivity contribution in [3.8, 4) is 17.2 Å². The number of hydrogen-bond donors (Lipinski definition) is 0. The molecule has 14 nitrogen and oxygen atoms in total. The molecule has 0 N–H and O–H groups in total. The molecule has 14 heteroatoms.